The predicted octanol–water partition coefficient (Wildman–Crippen LogP) is 5.71. The average molecular weight is 310 g/mol. The van der Waals surface area contributed by atoms with Crippen molar-refractivity contribution in [3.63, 3.8) is 0 Å². The summed E-state index contributed by atoms with van der Waals surface area (Å²) in [4.78, 5) is 0. The van der Waals surface area contributed by atoms with Crippen molar-refractivity contribution in [2.75, 3.05) is 0 Å². The molecule has 0 saturated heterocycles. The van der Waals surface area contributed by atoms with Crippen molar-refractivity contribution in [3.8, 4) is 0 Å². The standard InChI is InChI=1S/C18H18F4/c1-10(2)14-7-12(8-17(21)18(14)22)6-11(3)13-4-5-15(19)16(20)9-13/h4-5,7-11H,6H2,1-3H3. The van der Waals surface area contributed by atoms with E-state index in [1.807, 2.05) is 6.92 Å². The van der Waals surface area contributed by atoms with E-state index in [1.54, 1.807) is 19.9 Å². The van der Waals surface area contributed by atoms with Crippen LogP contribution >= 0.6 is 0 Å². The molecule has 1 unspecified atom stereocenters. The molecule has 4 heteroatoms. The number of rotatable bonds is 4. The molecule has 0 heterocycles. The van der Waals surface area contributed by atoms with Gasteiger partial charge in [0.1, 0.15) is 0 Å². The Morgan fingerprint density at radius 2 is 1.50 bits per heavy atom. The third kappa shape index (κ3) is 3.49. The molecule has 0 saturated carbocycles. The molecule has 2 aromatic rings. The summed E-state index contributed by atoms with van der Waals surface area (Å²) in [7, 11) is 0. The first kappa shape index (κ1) is 16.5. The van der Waals surface area contributed by atoms with E-state index in [2.05, 4.69) is 0 Å². The van der Waals surface area contributed by atoms with Gasteiger partial charge < -0.3 is 0 Å². The zero-order valence-electron chi connectivity index (χ0n) is 12.8. The lowest BCUT2D eigenvalue weighted by molar-refractivity contribution is 0.491. The first-order valence-electron chi connectivity index (χ1n) is 7.22. The van der Waals surface area contributed by atoms with E-state index >= 15 is 0 Å². The van der Waals surface area contributed by atoms with Gasteiger partial charge in [-0.2, -0.15) is 0 Å². The van der Waals surface area contributed by atoms with E-state index in [9.17, 15) is 17.6 Å². The Kier molecular flexibility index (Phi) is 4.89. The Balaban J connectivity index is 2.28. The molecule has 0 N–H and O–H groups in total. The monoisotopic (exact) mass is 310 g/mol. The van der Waals surface area contributed by atoms with Crippen LogP contribution < -0.4 is 0 Å². The van der Waals surface area contributed by atoms with Gasteiger partial charge in [-0.25, -0.2) is 17.6 Å². The molecule has 0 bridgehead atoms. The molecule has 0 aromatic heterocycles. The zero-order chi connectivity index (χ0) is 16.4. The van der Waals surface area contributed by atoms with E-state index in [0.29, 0.717) is 23.1 Å². The fourth-order valence-electron chi connectivity index (χ4n) is 2.50. The lowest BCUT2D eigenvalue weighted by Gasteiger charge is -2.15. The van der Waals surface area contributed by atoms with Crippen molar-refractivity contribution >= 4 is 0 Å². The molecule has 2 rings (SSSR count). The van der Waals surface area contributed by atoms with Crippen LogP contribution in [0.25, 0.3) is 0 Å². The number of hydrogen-bond acceptors (Lipinski definition) is 0. The van der Waals surface area contributed by atoms with Crippen LogP contribution in [0.3, 0.4) is 0 Å². The summed E-state index contributed by atoms with van der Waals surface area (Å²) in [5.74, 6) is -3.77. The van der Waals surface area contributed by atoms with Gasteiger partial charge in [0.25, 0.3) is 0 Å². The molecule has 0 aliphatic rings. The summed E-state index contributed by atoms with van der Waals surface area (Å²) in [6.45, 7) is 5.42. The SMILES string of the molecule is CC(C)c1cc(CC(C)c2ccc(F)c(F)c2)cc(F)c1F. The van der Waals surface area contributed by atoms with Crippen molar-refractivity contribution in [2.45, 2.75) is 39.0 Å². The Morgan fingerprint density at radius 3 is 2.09 bits per heavy atom. The Hall–Kier alpha value is -1.84. The highest BCUT2D eigenvalue weighted by Crippen LogP contribution is 2.27. The highest BCUT2D eigenvalue weighted by molar-refractivity contribution is 5.31. The van der Waals surface area contributed by atoms with Gasteiger partial charge in [0, 0.05) is 0 Å². The first-order chi connectivity index (χ1) is 10.3. The normalized spacial score (nSPS) is 12.7. The summed E-state index contributed by atoms with van der Waals surface area (Å²) in [5.41, 5.74) is 1.59. The second-order valence-electron chi connectivity index (χ2n) is 5.91. The topological polar surface area (TPSA) is 0 Å². The van der Waals surface area contributed by atoms with Gasteiger partial charge in [-0.3, -0.25) is 0 Å². The third-order valence-electron chi connectivity index (χ3n) is 3.79. The second-order valence-corrected chi connectivity index (χ2v) is 5.91. The highest BCUT2D eigenvalue weighted by atomic mass is 19.2. The molecular weight excluding hydrogens is 292 g/mol. The van der Waals surface area contributed by atoms with Gasteiger partial charge in [-0.1, -0.05) is 32.9 Å². The van der Waals surface area contributed by atoms with Crippen molar-refractivity contribution in [1.29, 1.82) is 0 Å². The Bertz CT molecular complexity index is 677. The van der Waals surface area contributed by atoms with E-state index < -0.39 is 23.3 Å². The predicted molar refractivity (Wildman–Crippen MR) is 78.9 cm³/mol. The minimum absolute atomic E-state index is 0.131. The number of hydrogen-bond donors (Lipinski definition) is 0. The second kappa shape index (κ2) is 6.51. The van der Waals surface area contributed by atoms with Gasteiger partial charge in [-0.05, 0) is 53.1 Å². The summed E-state index contributed by atoms with van der Waals surface area (Å²) in [6, 6.07) is 6.53. The van der Waals surface area contributed by atoms with Crippen molar-refractivity contribution in [2.24, 2.45) is 0 Å². The van der Waals surface area contributed by atoms with Crippen LogP contribution in [0.5, 0.6) is 0 Å². The fourth-order valence-corrected chi connectivity index (χ4v) is 2.50. The lowest BCUT2D eigenvalue weighted by atomic mass is 9.91. The van der Waals surface area contributed by atoms with Crippen LogP contribution in [-0.4, -0.2) is 0 Å². The van der Waals surface area contributed by atoms with E-state index in [1.165, 1.54) is 6.07 Å². The average Bonchev–Trinajstić information content (AvgIpc) is 2.45. The lowest BCUT2D eigenvalue weighted by Crippen LogP contribution is -2.04. The smallest absolute Gasteiger partial charge is 0.162 e. The Morgan fingerprint density at radius 1 is 0.818 bits per heavy atom. The van der Waals surface area contributed by atoms with Crippen LogP contribution in [-0.2, 0) is 6.42 Å². The third-order valence-corrected chi connectivity index (χ3v) is 3.79. The molecule has 0 aliphatic heterocycles. The molecule has 1 atom stereocenters. The largest absolute Gasteiger partial charge is 0.204 e. The van der Waals surface area contributed by atoms with Gasteiger partial charge in [0.15, 0.2) is 23.3 Å². The zero-order valence-corrected chi connectivity index (χ0v) is 12.8. The number of halogens is 4. The maximum atomic E-state index is 13.7. The maximum Gasteiger partial charge on any atom is 0.162 e. The van der Waals surface area contributed by atoms with Gasteiger partial charge >= 0.3 is 0 Å². The molecule has 0 aliphatic carbocycles. The van der Waals surface area contributed by atoms with Gasteiger partial charge in [-0.15, -0.1) is 0 Å². The molecule has 0 fully saturated rings. The van der Waals surface area contributed by atoms with Crippen LogP contribution in [0.2, 0.25) is 0 Å². The fraction of sp³-hybridized carbons (Fsp3) is 0.333. The van der Waals surface area contributed by atoms with Gasteiger partial charge in [0.05, 0.1) is 0 Å². The first-order valence-corrected chi connectivity index (χ1v) is 7.22. The Labute approximate surface area is 127 Å². The molecule has 0 spiro atoms. The quantitative estimate of drug-likeness (QED) is 0.634. The maximum absolute atomic E-state index is 13.7. The summed E-state index contributed by atoms with van der Waals surface area (Å²) >= 11 is 0. The minimum atomic E-state index is -0.905. The summed E-state index contributed by atoms with van der Waals surface area (Å²) in [5, 5.41) is 0. The van der Waals surface area contributed by atoms with Crippen LogP contribution in [0.4, 0.5) is 17.6 Å². The van der Waals surface area contributed by atoms with E-state index in [0.717, 1.165) is 18.2 Å². The van der Waals surface area contributed by atoms with Crippen molar-refractivity contribution in [3.05, 3.63) is 70.3 Å². The highest BCUT2D eigenvalue weighted by Gasteiger charge is 2.16. The minimum Gasteiger partial charge on any atom is -0.204 e. The van der Waals surface area contributed by atoms with Gasteiger partial charge in [0.2, 0.25) is 0 Å². The summed E-state index contributed by atoms with van der Waals surface area (Å²) in [6.07, 6.45) is 0.419. The molecule has 0 nitrogen and oxygen atoms in total. The van der Waals surface area contributed by atoms with Crippen molar-refractivity contribution in [1.82, 2.24) is 0 Å². The molecule has 0 amide bonds. The van der Waals surface area contributed by atoms with Crippen LogP contribution in [0.15, 0.2) is 30.3 Å². The number of benzene rings is 2. The molecular formula is C18H18F4. The van der Waals surface area contributed by atoms with Crippen molar-refractivity contribution < 1.29 is 17.6 Å². The molecule has 0 radical (unpaired) electrons. The van der Waals surface area contributed by atoms with Crippen LogP contribution in [0.1, 0.15) is 49.3 Å². The molecule has 2 aromatic carbocycles. The summed E-state index contributed by atoms with van der Waals surface area (Å²) < 4.78 is 53.7. The van der Waals surface area contributed by atoms with E-state index in [-0.39, 0.29) is 11.8 Å². The van der Waals surface area contributed by atoms with Crippen LogP contribution in [0, 0.1) is 23.3 Å². The van der Waals surface area contributed by atoms with E-state index in [4.69, 9.17) is 0 Å². The molecule has 22 heavy (non-hydrogen) atoms. The molecule has 118 valence electrons.